The van der Waals surface area contributed by atoms with E-state index in [9.17, 15) is 26.3 Å². The van der Waals surface area contributed by atoms with Crippen LogP contribution in [0.25, 0.3) is 0 Å². The Bertz CT molecular complexity index is 1050. The number of alkyl halides is 6. The summed E-state index contributed by atoms with van der Waals surface area (Å²) in [4.78, 5) is 11.5. The van der Waals surface area contributed by atoms with Crippen LogP contribution in [0, 0.1) is 0 Å². The zero-order valence-corrected chi connectivity index (χ0v) is 14.8. The molecule has 0 atom stereocenters. The maximum absolute atomic E-state index is 12.8. The van der Waals surface area contributed by atoms with Gasteiger partial charge in [-0.15, -0.1) is 0 Å². The van der Waals surface area contributed by atoms with E-state index in [4.69, 9.17) is 0 Å². The van der Waals surface area contributed by atoms with E-state index in [-0.39, 0.29) is 23.1 Å². The van der Waals surface area contributed by atoms with E-state index < -0.39 is 23.5 Å². The van der Waals surface area contributed by atoms with E-state index in [1.165, 1.54) is 24.3 Å². The first-order valence-electron chi connectivity index (χ1n) is 8.21. The molecule has 156 valence electrons. The fourth-order valence-electron chi connectivity index (χ4n) is 2.27. The molecule has 1 aromatic heterocycles. The Morgan fingerprint density at radius 1 is 0.800 bits per heavy atom. The van der Waals surface area contributed by atoms with Crippen molar-refractivity contribution in [1.29, 1.82) is 0 Å². The number of aromatic nitrogens is 3. The number of anilines is 3. The normalized spacial score (nSPS) is 12.2. The minimum Gasteiger partial charge on any atom is -0.324 e. The summed E-state index contributed by atoms with van der Waals surface area (Å²) in [6, 6.07) is 8.96. The third-order valence-corrected chi connectivity index (χ3v) is 3.61. The molecule has 0 aliphatic rings. The van der Waals surface area contributed by atoms with Crippen LogP contribution in [0.15, 0.2) is 60.0 Å². The van der Waals surface area contributed by atoms with Gasteiger partial charge in [0.1, 0.15) is 6.33 Å². The molecule has 6 nitrogen and oxygen atoms in total. The number of nitrogens with zero attached hydrogens (tertiary/aromatic N) is 4. The largest absolute Gasteiger partial charge is 0.416 e. The molecule has 0 unspecified atom stereocenters. The highest BCUT2D eigenvalue weighted by Crippen LogP contribution is 2.31. The second-order valence-corrected chi connectivity index (χ2v) is 5.83. The lowest BCUT2D eigenvalue weighted by Crippen LogP contribution is -2.06. The predicted octanol–water partition coefficient (Wildman–Crippen LogP) is 5.10. The van der Waals surface area contributed by atoms with Gasteiger partial charge in [-0.05, 0) is 35.9 Å². The maximum Gasteiger partial charge on any atom is 0.416 e. The van der Waals surface area contributed by atoms with Crippen molar-refractivity contribution in [3.63, 3.8) is 0 Å². The number of hydrazone groups is 1. The molecule has 3 aromatic rings. The third kappa shape index (κ3) is 5.65. The molecule has 12 heteroatoms. The van der Waals surface area contributed by atoms with Gasteiger partial charge < -0.3 is 5.32 Å². The van der Waals surface area contributed by atoms with Crippen molar-refractivity contribution >= 4 is 23.8 Å². The molecule has 0 amide bonds. The Kier molecular flexibility index (Phi) is 5.85. The van der Waals surface area contributed by atoms with Crippen molar-refractivity contribution in [2.24, 2.45) is 5.10 Å². The van der Waals surface area contributed by atoms with E-state index in [0.717, 1.165) is 36.8 Å². The van der Waals surface area contributed by atoms with Crippen molar-refractivity contribution in [1.82, 2.24) is 15.0 Å². The van der Waals surface area contributed by atoms with E-state index in [1.807, 2.05) is 0 Å². The fraction of sp³-hybridized carbons (Fsp3) is 0.111. The molecule has 0 fully saturated rings. The van der Waals surface area contributed by atoms with Crippen molar-refractivity contribution in [3.05, 3.63) is 71.5 Å². The summed E-state index contributed by atoms with van der Waals surface area (Å²) in [5, 5.41) is 6.37. The lowest BCUT2D eigenvalue weighted by Gasteiger charge is -2.09. The van der Waals surface area contributed by atoms with Crippen LogP contribution in [0.2, 0.25) is 0 Å². The zero-order valence-electron chi connectivity index (χ0n) is 14.8. The van der Waals surface area contributed by atoms with Crippen LogP contribution in [0.1, 0.15) is 16.7 Å². The molecule has 0 aliphatic heterocycles. The highest BCUT2D eigenvalue weighted by Gasteiger charge is 2.31. The Hall–Kier alpha value is -3.70. The number of hydrogen-bond donors (Lipinski definition) is 2. The molecule has 0 saturated heterocycles. The van der Waals surface area contributed by atoms with Crippen LogP contribution >= 0.6 is 0 Å². The number of benzene rings is 2. The standard InChI is InChI=1S/C18H12F6N6/c19-17(20,21)12-4-1-3-11(7-12)9-27-30-16-26-10-25-15(29-16)28-14-6-2-5-13(8-14)18(22,23)24/h1-10H,(H2,25,26,28,29,30)/b27-9+. The van der Waals surface area contributed by atoms with Gasteiger partial charge in [0.2, 0.25) is 11.9 Å². The molecule has 0 spiro atoms. The Balaban J connectivity index is 1.69. The average molecular weight is 426 g/mol. The molecule has 2 aromatic carbocycles. The summed E-state index contributed by atoms with van der Waals surface area (Å²) in [5.41, 5.74) is 1.05. The summed E-state index contributed by atoms with van der Waals surface area (Å²) in [6.07, 6.45) is -6.75. The van der Waals surface area contributed by atoms with Gasteiger partial charge in [0.05, 0.1) is 17.3 Å². The van der Waals surface area contributed by atoms with Gasteiger partial charge in [0, 0.05) is 5.69 Å². The van der Waals surface area contributed by atoms with E-state index in [1.54, 1.807) is 0 Å². The lowest BCUT2D eigenvalue weighted by molar-refractivity contribution is -0.138. The third-order valence-electron chi connectivity index (χ3n) is 3.61. The molecular formula is C18H12F6N6. The van der Waals surface area contributed by atoms with Gasteiger partial charge >= 0.3 is 12.4 Å². The van der Waals surface area contributed by atoms with Crippen molar-refractivity contribution in [2.45, 2.75) is 12.4 Å². The van der Waals surface area contributed by atoms with Crippen LogP contribution in [-0.4, -0.2) is 21.2 Å². The zero-order chi connectivity index (χ0) is 21.8. The minimum atomic E-state index is -4.50. The summed E-state index contributed by atoms with van der Waals surface area (Å²) in [5.74, 6) is -0.121. The van der Waals surface area contributed by atoms with Crippen molar-refractivity contribution in [3.8, 4) is 0 Å². The molecule has 30 heavy (non-hydrogen) atoms. The molecule has 0 saturated carbocycles. The van der Waals surface area contributed by atoms with Crippen LogP contribution in [0.4, 0.5) is 43.9 Å². The number of halogens is 6. The van der Waals surface area contributed by atoms with E-state index in [2.05, 4.69) is 30.8 Å². The van der Waals surface area contributed by atoms with Crippen LogP contribution in [0.3, 0.4) is 0 Å². The Morgan fingerprint density at radius 2 is 1.43 bits per heavy atom. The predicted molar refractivity (Wildman–Crippen MR) is 97.2 cm³/mol. The van der Waals surface area contributed by atoms with Crippen molar-refractivity contribution < 1.29 is 26.3 Å². The second-order valence-electron chi connectivity index (χ2n) is 5.83. The lowest BCUT2D eigenvalue weighted by atomic mass is 10.1. The summed E-state index contributed by atoms with van der Waals surface area (Å²) in [7, 11) is 0. The first-order chi connectivity index (χ1) is 14.1. The first kappa shape index (κ1) is 21.0. The fourth-order valence-corrected chi connectivity index (χ4v) is 2.27. The highest BCUT2D eigenvalue weighted by atomic mass is 19.4. The summed E-state index contributed by atoms with van der Waals surface area (Å²) in [6.45, 7) is 0. The van der Waals surface area contributed by atoms with Gasteiger partial charge in [-0.3, -0.25) is 0 Å². The number of hydrogen-bond acceptors (Lipinski definition) is 6. The molecule has 0 bridgehead atoms. The van der Waals surface area contributed by atoms with E-state index >= 15 is 0 Å². The van der Waals surface area contributed by atoms with Crippen molar-refractivity contribution in [2.75, 3.05) is 10.7 Å². The molecule has 0 radical (unpaired) electrons. The summed E-state index contributed by atoms with van der Waals surface area (Å²) >= 11 is 0. The minimum absolute atomic E-state index is 0.0545. The molecule has 3 rings (SSSR count). The smallest absolute Gasteiger partial charge is 0.324 e. The first-order valence-corrected chi connectivity index (χ1v) is 8.21. The van der Waals surface area contributed by atoms with Gasteiger partial charge in [-0.1, -0.05) is 18.2 Å². The van der Waals surface area contributed by atoms with Crippen LogP contribution in [0.5, 0.6) is 0 Å². The van der Waals surface area contributed by atoms with Gasteiger partial charge in [0.25, 0.3) is 0 Å². The molecule has 0 aliphatic carbocycles. The average Bonchev–Trinajstić information content (AvgIpc) is 2.67. The SMILES string of the molecule is FC(F)(F)c1cccc(/C=N/Nc2ncnc(Nc3cccc(C(F)(F)F)c3)n2)c1. The van der Waals surface area contributed by atoms with Gasteiger partial charge in [-0.2, -0.15) is 41.4 Å². The summed E-state index contributed by atoms with van der Waals surface area (Å²) < 4.78 is 76.5. The second kappa shape index (κ2) is 8.35. The molecule has 2 N–H and O–H groups in total. The molecular weight excluding hydrogens is 414 g/mol. The van der Waals surface area contributed by atoms with E-state index in [0.29, 0.717) is 0 Å². The Labute approximate surface area is 165 Å². The molecule has 1 heterocycles. The Morgan fingerprint density at radius 3 is 2.13 bits per heavy atom. The monoisotopic (exact) mass is 426 g/mol. The number of rotatable bonds is 5. The van der Waals surface area contributed by atoms with Crippen LogP contribution in [-0.2, 0) is 12.4 Å². The highest BCUT2D eigenvalue weighted by molar-refractivity contribution is 5.80. The van der Waals surface area contributed by atoms with Crippen LogP contribution < -0.4 is 10.7 Å². The maximum atomic E-state index is 12.8. The van der Waals surface area contributed by atoms with Gasteiger partial charge in [0.15, 0.2) is 0 Å². The quantitative estimate of drug-likeness (QED) is 0.337. The topological polar surface area (TPSA) is 75.1 Å². The number of nitrogens with one attached hydrogen (secondary N) is 2. The van der Waals surface area contributed by atoms with Gasteiger partial charge in [-0.25, -0.2) is 10.4 Å².